The molecular formula is C24H39N3O3. The molecule has 1 unspecified atom stereocenters. The van der Waals surface area contributed by atoms with Crippen molar-refractivity contribution >= 4 is 23.2 Å². The lowest BCUT2D eigenvalue weighted by atomic mass is 9.97. The summed E-state index contributed by atoms with van der Waals surface area (Å²) in [6.45, 7) is 9.27. The number of hydrogen-bond acceptors (Lipinski definition) is 4. The second-order valence-corrected chi connectivity index (χ2v) is 8.39. The van der Waals surface area contributed by atoms with Gasteiger partial charge in [-0.05, 0) is 49.8 Å². The van der Waals surface area contributed by atoms with Crippen molar-refractivity contribution < 1.29 is 14.3 Å². The molecule has 0 aromatic heterocycles. The Morgan fingerprint density at radius 1 is 1.23 bits per heavy atom. The molecule has 2 rings (SSSR count). The van der Waals surface area contributed by atoms with Gasteiger partial charge in [0, 0.05) is 44.0 Å². The molecule has 0 bridgehead atoms. The number of hydrogen-bond donors (Lipinski definition) is 2. The van der Waals surface area contributed by atoms with Crippen LogP contribution in [0.1, 0.15) is 69.7 Å². The molecule has 1 atom stereocenters. The van der Waals surface area contributed by atoms with Crippen LogP contribution >= 0.6 is 0 Å². The fraction of sp³-hybridized carbons (Fsp3) is 0.667. The first-order valence-electron chi connectivity index (χ1n) is 11.5. The summed E-state index contributed by atoms with van der Waals surface area (Å²) < 4.78 is 5.05. The molecule has 1 heterocycles. The first-order chi connectivity index (χ1) is 14.5. The Morgan fingerprint density at radius 3 is 2.60 bits per heavy atom. The lowest BCUT2D eigenvalue weighted by Gasteiger charge is -2.33. The second kappa shape index (κ2) is 12.6. The number of amides is 2. The Hall–Kier alpha value is -2.08. The van der Waals surface area contributed by atoms with Gasteiger partial charge in [-0.3, -0.25) is 9.59 Å². The van der Waals surface area contributed by atoms with Gasteiger partial charge in [-0.2, -0.15) is 0 Å². The first kappa shape index (κ1) is 24.2. The average Bonchev–Trinajstić information content (AvgIpc) is 2.75. The summed E-state index contributed by atoms with van der Waals surface area (Å²) in [5.41, 5.74) is 2.23. The molecule has 1 aromatic rings. The summed E-state index contributed by atoms with van der Waals surface area (Å²) in [6, 6.07) is 5.72. The van der Waals surface area contributed by atoms with Crippen molar-refractivity contribution in [2.45, 2.75) is 59.3 Å². The lowest BCUT2D eigenvalue weighted by Crippen LogP contribution is -2.35. The zero-order valence-corrected chi connectivity index (χ0v) is 19.1. The van der Waals surface area contributed by atoms with Crippen molar-refractivity contribution in [2.75, 3.05) is 43.6 Å². The minimum absolute atomic E-state index is 0.00666. The number of nitrogens with zero attached hydrogens (tertiary/aromatic N) is 1. The van der Waals surface area contributed by atoms with Crippen molar-refractivity contribution in [3.05, 3.63) is 23.8 Å². The molecule has 2 amide bonds. The van der Waals surface area contributed by atoms with Crippen molar-refractivity contribution in [2.24, 2.45) is 11.8 Å². The summed E-state index contributed by atoms with van der Waals surface area (Å²) in [4.78, 5) is 27.9. The highest BCUT2D eigenvalue weighted by Crippen LogP contribution is 2.29. The summed E-state index contributed by atoms with van der Waals surface area (Å²) in [7, 11) is 1.62. The van der Waals surface area contributed by atoms with Crippen molar-refractivity contribution in [1.82, 2.24) is 5.32 Å². The molecule has 1 aromatic carbocycles. The summed E-state index contributed by atoms with van der Waals surface area (Å²) >= 11 is 0. The van der Waals surface area contributed by atoms with Crippen LogP contribution in [0.5, 0.6) is 0 Å². The van der Waals surface area contributed by atoms with Crippen LogP contribution in [0.3, 0.4) is 0 Å². The van der Waals surface area contributed by atoms with E-state index in [9.17, 15) is 9.59 Å². The third kappa shape index (κ3) is 7.01. The zero-order chi connectivity index (χ0) is 21.9. The molecule has 168 valence electrons. The second-order valence-electron chi connectivity index (χ2n) is 8.39. The monoisotopic (exact) mass is 417 g/mol. The maximum Gasteiger partial charge on any atom is 0.253 e. The van der Waals surface area contributed by atoms with Crippen LogP contribution in [0, 0.1) is 11.8 Å². The topological polar surface area (TPSA) is 70.7 Å². The van der Waals surface area contributed by atoms with E-state index in [4.69, 9.17) is 4.74 Å². The molecule has 0 aliphatic carbocycles. The molecular weight excluding hydrogens is 378 g/mol. The molecule has 1 saturated heterocycles. The number of benzene rings is 1. The smallest absolute Gasteiger partial charge is 0.253 e. The Kier molecular flexibility index (Phi) is 10.1. The van der Waals surface area contributed by atoms with Gasteiger partial charge in [-0.1, -0.05) is 33.6 Å². The Balaban J connectivity index is 2.20. The molecule has 0 spiro atoms. The van der Waals surface area contributed by atoms with E-state index in [-0.39, 0.29) is 17.7 Å². The van der Waals surface area contributed by atoms with Gasteiger partial charge in [0.25, 0.3) is 5.91 Å². The standard InChI is InChI=1S/C24H39N3O3/c1-5-7-8-19(6-2)23(28)26-20-9-10-22(27-14-11-18(3)12-15-27)21(17-20)24(29)25-13-16-30-4/h9-10,17-19H,5-8,11-16H2,1-4H3,(H,25,29)(H,26,28). The number of ether oxygens (including phenoxy) is 1. The van der Waals surface area contributed by atoms with Crippen molar-refractivity contribution in [3.8, 4) is 0 Å². The van der Waals surface area contributed by atoms with Crippen LogP contribution in [0.2, 0.25) is 0 Å². The van der Waals surface area contributed by atoms with Crippen LogP contribution in [-0.2, 0) is 9.53 Å². The van der Waals surface area contributed by atoms with E-state index in [1.165, 1.54) is 0 Å². The van der Waals surface area contributed by atoms with Crippen molar-refractivity contribution in [1.29, 1.82) is 0 Å². The van der Waals surface area contributed by atoms with Gasteiger partial charge < -0.3 is 20.3 Å². The largest absolute Gasteiger partial charge is 0.383 e. The molecule has 2 N–H and O–H groups in total. The van der Waals surface area contributed by atoms with E-state index < -0.39 is 0 Å². The number of carbonyl (C=O) groups is 2. The van der Waals surface area contributed by atoms with E-state index >= 15 is 0 Å². The number of carbonyl (C=O) groups excluding carboxylic acids is 2. The fourth-order valence-electron chi connectivity index (χ4n) is 3.90. The molecule has 1 aliphatic rings. The third-order valence-electron chi connectivity index (χ3n) is 5.99. The number of nitrogens with one attached hydrogen (secondary N) is 2. The number of anilines is 2. The highest BCUT2D eigenvalue weighted by atomic mass is 16.5. The van der Waals surface area contributed by atoms with Gasteiger partial charge in [0.15, 0.2) is 0 Å². The van der Waals surface area contributed by atoms with Gasteiger partial charge >= 0.3 is 0 Å². The highest BCUT2D eigenvalue weighted by Gasteiger charge is 2.22. The number of unbranched alkanes of at least 4 members (excludes halogenated alkanes) is 1. The SMILES string of the molecule is CCCCC(CC)C(=O)Nc1ccc(N2CCC(C)CC2)c(C(=O)NCCOC)c1. The van der Waals surface area contributed by atoms with E-state index in [1.807, 2.05) is 18.2 Å². The maximum absolute atomic E-state index is 12.9. The molecule has 6 nitrogen and oxygen atoms in total. The quantitative estimate of drug-likeness (QED) is 0.522. The molecule has 0 radical (unpaired) electrons. The maximum atomic E-state index is 12.9. The normalized spacial score (nSPS) is 15.7. The molecule has 1 aliphatic heterocycles. The Labute approximate surface area is 181 Å². The molecule has 1 fully saturated rings. The summed E-state index contributed by atoms with van der Waals surface area (Å²) in [6.07, 6.45) is 6.09. The van der Waals surface area contributed by atoms with Gasteiger partial charge in [-0.15, -0.1) is 0 Å². The minimum atomic E-state index is -0.130. The average molecular weight is 418 g/mol. The van der Waals surface area contributed by atoms with Crippen LogP contribution in [0.4, 0.5) is 11.4 Å². The molecule has 6 heteroatoms. The van der Waals surface area contributed by atoms with Gasteiger partial charge in [0.1, 0.15) is 0 Å². The van der Waals surface area contributed by atoms with Crippen LogP contribution in [-0.4, -0.2) is 45.2 Å². The van der Waals surface area contributed by atoms with Crippen molar-refractivity contribution in [3.63, 3.8) is 0 Å². The predicted molar refractivity (Wildman–Crippen MR) is 123 cm³/mol. The van der Waals surface area contributed by atoms with Crippen LogP contribution in [0.15, 0.2) is 18.2 Å². The van der Waals surface area contributed by atoms with E-state index in [0.717, 1.165) is 57.3 Å². The van der Waals surface area contributed by atoms with Gasteiger partial charge in [-0.25, -0.2) is 0 Å². The van der Waals surface area contributed by atoms with E-state index in [0.29, 0.717) is 30.3 Å². The molecule has 0 saturated carbocycles. The number of piperidine rings is 1. The Morgan fingerprint density at radius 2 is 1.97 bits per heavy atom. The number of methoxy groups -OCH3 is 1. The first-order valence-corrected chi connectivity index (χ1v) is 11.5. The van der Waals surface area contributed by atoms with E-state index in [2.05, 4.69) is 36.3 Å². The molecule has 30 heavy (non-hydrogen) atoms. The minimum Gasteiger partial charge on any atom is -0.383 e. The third-order valence-corrected chi connectivity index (χ3v) is 5.99. The van der Waals surface area contributed by atoms with E-state index in [1.54, 1.807) is 7.11 Å². The van der Waals surface area contributed by atoms with Crippen LogP contribution in [0.25, 0.3) is 0 Å². The number of rotatable bonds is 11. The zero-order valence-electron chi connectivity index (χ0n) is 19.1. The Bertz CT molecular complexity index is 684. The van der Waals surface area contributed by atoms with Crippen LogP contribution < -0.4 is 15.5 Å². The summed E-state index contributed by atoms with van der Waals surface area (Å²) in [5, 5.41) is 5.97. The summed E-state index contributed by atoms with van der Waals surface area (Å²) in [5.74, 6) is 0.631. The highest BCUT2D eigenvalue weighted by molar-refractivity contribution is 6.02. The predicted octanol–water partition coefficient (Wildman–Crippen LogP) is 4.45. The van der Waals surface area contributed by atoms with Gasteiger partial charge in [0.05, 0.1) is 12.2 Å². The van der Waals surface area contributed by atoms with Gasteiger partial charge in [0.2, 0.25) is 5.91 Å². The fourth-order valence-corrected chi connectivity index (χ4v) is 3.90. The lowest BCUT2D eigenvalue weighted by molar-refractivity contribution is -0.120.